The molecule has 0 aliphatic heterocycles. The predicted molar refractivity (Wildman–Crippen MR) is 81.0 cm³/mol. The number of fused-ring (bicyclic) bond motifs is 1. The molecule has 0 amide bonds. The van der Waals surface area contributed by atoms with Gasteiger partial charge in [0.05, 0.1) is 15.5 Å². The van der Waals surface area contributed by atoms with Crippen LogP contribution in [0.25, 0.3) is 11.1 Å². The van der Waals surface area contributed by atoms with E-state index in [2.05, 4.69) is 25.9 Å². The lowest BCUT2D eigenvalue weighted by molar-refractivity contribution is 0.528. The largest absolute Gasteiger partial charge is 0.441 e. The zero-order valence-corrected chi connectivity index (χ0v) is 13.1. The number of benzene rings is 1. The number of hydrogen-bond acceptors (Lipinski definition) is 4. The van der Waals surface area contributed by atoms with Crippen molar-refractivity contribution in [3.8, 4) is 0 Å². The van der Waals surface area contributed by atoms with Gasteiger partial charge in [0.15, 0.2) is 11.5 Å². The first kappa shape index (κ1) is 12.8. The molecule has 3 aromatic rings. The van der Waals surface area contributed by atoms with Crippen LogP contribution in [0.3, 0.4) is 0 Å². The van der Waals surface area contributed by atoms with E-state index in [1.165, 1.54) is 4.88 Å². The van der Waals surface area contributed by atoms with Crippen LogP contribution >= 0.6 is 27.3 Å². The molecule has 0 saturated carbocycles. The van der Waals surface area contributed by atoms with Crippen molar-refractivity contribution in [1.82, 2.24) is 9.97 Å². The number of hydrogen-bond donors (Lipinski definition) is 0. The number of rotatable bonds is 3. The first-order chi connectivity index (χ1) is 9.13. The monoisotopic (exact) mass is 336 g/mol. The summed E-state index contributed by atoms with van der Waals surface area (Å²) in [5, 5.41) is 1.09. The highest BCUT2D eigenvalue weighted by Gasteiger charge is 2.18. The van der Waals surface area contributed by atoms with Gasteiger partial charge in [0, 0.05) is 11.3 Å². The van der Waals surface area contributed by atoms with E-state index < -0.39 is 0 Å². The fourth-order valence-electron chi connectivity index (χ4n) is 2.09. The zero-order valence-electron chi connectivity index (χ0n) is 10.7. The summed E-state index contributed by atoms with van der Waals surface area (Å²) in [6, 6.07) is 7.83. The number of oxazole rings is 1. The topological polar surface area (TPSA) is 38.9 Å². The molecule has 98 valence electrons. The number of aromatic nitrogens is 2. The number of halogens is 1. The summed E-state index contributed by atoms with van der Waals surface area (Å²) in [6.45, 7) is 4.07. The second-order valence-electron chi connectivity index (χ2n) is 4.43. The summed E-state index contributed by atoms with van der Waals surface area (Å²) in [4.78, 5) is 10.4. The van der Waals surface area contributed by atoms with Crippen LogP contribution in [0.5, 0.6) is 0 Å². The van der Waals surface area contributed by atoms with Crippen LogP contribution in [0.1, 0.15) is 26.3 Å². The third-order valence-electron chi connectivity index (χ3n) is 2.92. The van der Waals surface area contributed by atoms with E-state index in [-0.39, 0.29) is 4.83 Å². The molecule has 3 rings (SSSR count). The second-order valence-corrected chi connectivity index (χ2v) is 6.77. The van der Waals surface area contributed by atoms with E-state index in [9.17, 15) is 0 Å². The van der Waals surface area contributed by atoms with Crippen molar-refractivity contribution in [3.63, 3.8) is 0 Å². The Balaban J connectivity index is 1.86. The summed E-state index contributed by atoms with van der Waals surface area (Å²) >= 11 is 5.44. The molecule has 0 N–H and O–H groups in total. The molecular weight excluding hydrogens is 324 g/mol. The minimum absolute atomic E-state index is 0.201. The third-order valence-corrected chi connectivity index (χ3v) is 5.19. The van der Waals surface area contributed by atoms with Crippen molar-refractivity contribution in [2.75, 3.05) is 0 Å². The summed E-state index contributed by atoms with van der Waals surface area (Å²) in [6.07, 6.45) is 0.733. The molecule has 1 unspecified atom stereocenters. The van der Waals surface area contributed by atoms with Gasteiger partial charge < -0.3 is 4.42 Å². The smallest absolute Gasteiger partial charge is 0.196 e. The molecular formula is C14H13BrN2OS. The molecule has 3 nitrogen and oxygen atoms in total. The number of thiazole rings is 1. The highest BCUT2D eigenvalue weighted by Crippen LogP contribution is 2.34. The predicted octanol–water partition coefficient (Wildman–Crippen LogP) is 4.58. The van der Waals surface area contributed by atoms with Gasteiger partial charge in [-0.2, -0.15) is 0 Å². The number of alkyl halides is 1. The normalized spacial score (nSPS) is 13.0. The Hall–Kier alpha value is -1.20. The van der Waals surface area contributed by atoms with E-state index in [1.807, 2.05) is 38.1 Å². The molecule has 19 heavy (non-hydrogen) atoms. The molecule has 0 spiro atoms. The fraction of sp³-hybridized carbons (Fsp3) is 0.286. The van der Waals surface area contributed by atoms with E-state index >= 15 is 0 Å². The van der Waals surface area contributed by atoms with Crippen molar-refractivity contribution >= 4 is 38.4 Å². The summed E-state index contributed by atoms with van der Waals surface area (Å²) in [7, 11) is 0. The molecule has 0 fully saturated rings. The molecule has 0 saturated heterocycles. The Kier molecular flexibility index (Phi) is 3.41. The van der Waals surface area contributed by atoms with E-state index in [1.54, 1.807) is 11.3 Å². The lowest BCUT2D eigenvalue weighted by Crippen LogP contribution is -1.95. The number of para-hydroxylation sites is 2. The average molecular weight is 337 g/mol. The standard InChI is InChI=1S/C14H13BrN2OS/c1-8-14(19-9(2)16-8)10(15)7-13-17-11-5-3-4-6-12(11)18-13/h3-6,10H,7H2,1-2H3. The Labute approximate surface area is 123 Å². The van der Waals surface area contributed by atoms with Gasteiger partial charge in [-0.3, -0.25) is 0 Å². The highest BCUT2D eigenvalue weighted by atomic mass is 79.9. The van der Waals surface area contributed by atoms with Gasteiger partial charge in [0.25, 0.3) is 0 Å². The van der Waals surface area contributed by atoms with Gasteiger partial charge in [-0.1, -0.05) is 28.1 Å². The zero-order chi connectivity index (χ0) is 13.4. The maximum Gasteiger partial charge on any atom is 0.196 e. The lowest BCUT2D eigenvalue weighted by atomic mass is 10.2. The van der Waals surface area contributed by atoms with Gasteiger partial charge in [0.2, 0.25) is 0 Å². The third kappa shape index (κ3) is 2.58. The SMILES string of the molecule is Cc1nc(C)c(C(Br)Cc2nc3ccccc3o2)s1. The minimum atomic E-state index is 0.201. The van der Waals surface area contributed by atoms with E-state index in [0.29, 0.717) is 0 Å². The van der Waals surface area contributed by atoms with Gasteiger partial charge in [-0.25, -0.2) is 9.97 Å². The van der Waals surface area contributed by atoms with Crippen molar-refractivity contribution in [1.29, 1.82) is 0 Å². The van der Waals surface area contributed by atoms with Crippen LogP contribution < -0.4 is 0 Å². The lowest BCUT2D eigenvalue weighted by Gasteiger charge is -2.04. The maximum absolute atomic E-state index is 5.75. The quantitative estimate of drug-likeness (QED) is 0.657. The van der Waals surface area contributed by atoms with Crippen LogP contribution in [-0.2, 0) is 6.42 Å². The van der Waals surface area contributed by atoms with Crippen LogP contribution in [-0.4, -0.2) is 9.97 Å². The fourth-order valence-corrected chi connectivity index (χ4v) is 3.88. The van der Waals surface area contributed by atoms with Crippen molar-refractivity contribution in [3.05, 3.63) is 45.7 Å². The molecule has 0 aliphatic rings. The summed E-state index contributed by atoms with van der Waals surface area (Å²) in [5.74, 6) is 0.758. The van der Waals surface area contributed by atoms with E-state index in [4.69, 9.17) is 4.42 Å². The average Bonchev–Trinajstić information content (AvgIpc) is 2.91. The Morgan fingerprint density at radius 2 is 2.05 bits per heavy atom. The Bertz CT molecular complexity index is 686. The van der Waals surface area contributed by atoms with Crippen LogP contribution in [0.2, 0.25) is 0 Å². The molecule has 2 aromatic heterocycles. The number of aryl methyl sites for hydroxylation is 2. The van der Waals surface area contributed by atoms with Gasteiger partial charge in [-0.15, -0.1) is 11.3 Å². The van der Waals surface area contributed by atoms with Gasteiger partial charge in [0.1, 0.15) is 5.52 Å². The first-order valence-corrected chi connectivity index (χ1v) is 7.79. The highest BCUT2D eigenvalue weighted by molar-refractivity contribution is 9.09. The van der Waals surface area contributed by atoms with Crippen LogP contribution in [0.4, 0.5) is 0 Å². The van der Waals surface area contributed by atoms with Crippen molar-refractivity contribution in [2.24, 2.45) is 0 Å². The molecule has 2 heterocycles. The van der Waals surface area contributed by atoms with Crippen LogP contribution in [0, 0.1) is 13.8 Å². The Morgan fingerprint density at radius 1 is 1.26 bits per heavy atom. The first-order valence-electron chi connectivity index (χ1n) is 6.06. The molecule has 0 aliphatic carbocycles. The molecule has 1 atom stereocenters. The number of nitrogens with zero attached hydrogens (tertiary/aromatic N) is 2. The Morgan fingerprint density at radius 3 is 2.74 bits per heavy atom. The second kappa shape index (κ2) is 5.06. The summed E-state index contributed by atoms with van der Waals surface area (Å²) < 4.78 is 5.75. The summed E-state index contributed by atoms with van der Waals surface area (Å²) in [5.41, 5.74) is 2.84. The van der Waals surface area contributed by atoms with Crippen molar-refractivity contribution in [2.45, 2.75) is 25.1 Å². The van der Waals surface area contributed by atoms with Gasteiger partial charge >= 0.3 is 0 Å². The molecule has 0 bridgehead atoms. The maximum atomic E-state index is 5.75. The van der Waals surface area contributed by atoms with E-state index in [0.717, 1.165) is 34.1 Å². The van der Waals surface area contributed by atoms with Crippen molar-refractivity contribution < 1.29 is 4.42 Å². The van der Waals surface area contributed by atoms with Gasteiger partial charge in [-0.05, 0) is 26.0 Å². The van der Waals surface area contributed by atoms with Crippen LogP contribution in [0.15, 0.2) is 28.7 Å². The molecule has 5 heteroatoms. The minimum Gasteiger partial charge on any atom is -0.441 e. The molecule has 0 radical (unpaired) electrons. The molecule has 1 aromatic carbocycles.